The third-order valence-electron chi connectivity index (χ3n) is 3.97. The number of hydrogen-bond donors (Lipinski definition) is 2. The molecule has 0 aliphatic heterocycles. The van der Waals surface area contributed by atoms with Crippen LogP contribution in [0.15, 0.2) is 30.3 Å². The van der Waals surface area contributed by atoms with Crippen LogP contribution in [-0.2, 0) is 6.42 Å². The average Bonchev–Trinajstić information content (AvgIpc) is 2.43. The molecule has 2 rings (SSSR count). The minimum atomic E-state index is 0.561. The molecule has 0 spiro atoms. The van der Waals surface area contributed by atoms with E-state index >= 15 is 0 Å². The van der Waals surface area contributed by atoms with Crippen molar-refractivity contribution in [2.75, 3.05) is 6.54 Å². The van der Waals surface area contributed by atoms with Gasteiger partial charge in [-0.25, -0.2) is 0 Å². The van der Waals surface area contributed by atoms with E-state index in [9.17, 15) is 0 Å². The van der Waals surface area contributed by atoms with Crippen LogP contribution in [0.4, 0.5) is 0 Å². The van der Waals surface area contributed by atoms with Gasteiger partial charge in [0.1, 0.15) is 0 Å². The molecule has 0 radical (unpaired) electrons. The molecule has 2 nitrogen and oxygen atoms in total. The van der Waals surface area contributed by atoms with E-state index in [2.05, 4.69) is 41.8 Å². The van der Waals surface area contributed by atoms with Gasteiger partial charge < -0.3 is 10.6 Å². The lowest BCUT2D eigenvalue weighted by atomic mass is 9.86. The monoisotopic (exact) mass is 276 g/mol. The normalized spacial score (nSPS) is 22.8. The SMILES string of the molecule is C[C@H]1CCCC[C@H]1NC(=S)NCCc1ccccc1. The van der Waals surface area contributed by atoms with Crippen LogP contribution >= 0.6 is 12.2 Å². The first-order valence-corrected chi connectivity index (χ1v) is 7.75. The summed E-state index contributed by atoms with van der Waals surface area (Å²) in [4.78, 5) is 0. The van der Waals surface area contributed by atoms with Crippen molar-refractivity contribution in [1.29, 1.82) is 0 Å². The molecule has 0 saturated heterocycles. The standard InChI is InChI=1S/C16H24N2S/c1-13-7-5-6-10-15(13)18-16(19)17-12-11-14-8-3-2-4-9-14/h2-4,8-9,13,15H,5-7,10-12H2,1H3,(H2,17,18,19)/t13-,15+/m0/s1. The third kappa shape index (κ3) is 4.83. The van der Waals surface area contributed by atoms with E-state index in [1.54, 1.807) is 0 Å². The molecule has 3 heteroatoms. The molecule has 1 fully saturated rings. The maximum atomic E-state index is 5.38. The van der Waals surface area contributed by atoms with Crippen molar-refractivity contribution in [3.05, 3.63) is 35.9 Å². The third-order valence-corrected chi connectivity index (χ3v) is 4.23. The molecule has 0 bridgehead atoms. The molecular weight excluding hydrogens is 252 g/mol. The van der Waals surface area contributed by atoms with Gasteiger partial charge in [0.2, 0.25) is 0 Å². The van der Waals surface area contributed by atoms with Crippen LogP contribution in [0, 0.1) is 5.92 Å². The first-order valence-electron chi connectivity index (χ1n) is 7.34. The summed E-state index contributed by atoms with van der Waals surface area (Å²) < 4.78 is 0. The van der Waals surface area contributed by atoms with Crippen molar-refractivity contribution in [2.45, 2.75) is 45.1 Å². The highest BCUT2D eigenvalue weighted by molar-refractivity contribution is 7.80. The van der Waals surface area contributed by atoms with Crippen molar-refractivity contribution in [3.8, 4) is 0 Å². The Labute approximate surface area is 122 Å². The molecule has 1 aromatic carbocycles. The van der Waals surface area contributed by atoms with Gasteiger partial charge in [0, 0.05) is 12.6 Å². The fourth-order valence-corrected chi connectivity index (χ4v) is 2.97. The van der Waals surface area contributed by atoms with Gasteiger partial charge in [-0.05, 0) is 43.0 Å². The van der Waals surface area contributed by atoms with E-state index in [0.29, 0.717) is 6.04 Å². The van der Waals surface area contributed by atoms with Gasteiger partial charge in [-0.3, -0.25) is 0 Å². The fraction of sp³-hybridized carbons (Fsp3) is 0.562. The van der Waals surface area contributed by atoms with Gasteiger partial charge in [-0.2, -0.15) is 0 Å². The second-order valence-electron chi connectivity index (χ2n) is 5.50. The van der Waals surface area contributed by atoms with Crippen LogP contribution in [0.3, 0.4) is 0 Å². The Kier molecular flexibility index (Phi) is 5.64. The molecule has 1 aliphatic carbocycles. The Morgan fingerprint density at radius 2 is 1.95 bits per heavy atom. The maximum Gasteiger partial charge on any atom is 0.166 e. The quantitative estimate of drug-likeness (QED) is 0.825. The second-order valence-corrected chi connectivity index (χ2v) is 5.91. The van der Waals surface area contributed by atoms with Crippen molar-refractivity contribution < 1.29 is 0 Å². The van der Waals surface area contributed by atoms with Crippen LogP contribution in [0.25, 0.3) is 0 Å². The summed E-state index contributed by atoms with van der Waals surface area (Å²) >= 11 is 5.38. The first kappa shape index (κ1) is 14.3. The minimum Gasteiger partial charge on any atom is -0.362 e. The van der Waals surface area contributed by atoms with Gasteiger partial charge in [0.25, 0.3) is 0 Å². The fourth-order valence-electron chi connectivity index (χ4n) is 2.72. The summed E-state index contributed by atoms with van der Waals surface area (Å²) in [6.45, 7) is 3.22. The number of rotatable bonds is 4. The van der Waals surface area contributed by atoms with Crippen LogP contribution in [-0.4, -0.2) is 17.7 Å². The summed E-state index contributed by atoms with van der Waals surface area (Å²) in [6.07, 6.45) is 6.29. The highest BCUT2D eigenvalue weighted by Crippen LogP contribution is 2.23. The molecule has 2 atom stereocenters. The molecular formula is C16H24N2S. The van der Waals surface area contributed by atoms with Crippen molar-refractivity contribution in [1.82, 2.24) is 10.6 Å². The summed E-state index contributed by atoms with van der Waals surface area (Å²) in [7, 11) is 0. The topological polar surface area (TPSA) is 24.1 Å². The van der Waals surface area contributed by atoms with Crippen molar-refractivity contribution in [3.63, 3.8) is 0 Å². The number of nitrogens with one attached hydrogen (secondary N) is 2. The molecule has 0 unspecified atom stereocenters. The van der Waals surface area contributed by atoms with Gasteiger partial charge in [-0.1, -0.05) is 50.1 Å². The van der Waals surface area contributed by atoms with Gasteiger partial charge in [0.05, 0.1) is 0 Å². The Bertz CT molecular complexity index is 391. The zero-order valence-electron chi connectivity index (χ0n) is 11.7. The molecule has 1 aromatic rings. The van der Waals surface area contributed by atoms with Crippen molar-refractivity contribution >= 4 is 17.3 Å². The number of benzene rings is 1. The van der Waals surface area contributed by atoms with E-state index in [4.69, 9.17) is 12.2 Å². The molecule has 1 aliphatic rings. The Hall–Kier alpha value is -1.09. The predicted octanol–water partition coefficient (Wildman–Crippen LogP) is 3.27. The highest BCUT2D eigenvalue weighted by atomic mass is 32.1. The molecule has 2 N–H and O–H groups in total. The van der Waals surface area contributed by atoms with E-state index in [1.807, 2.05) is 6.07 Å². The lowest BCUT2D eigenvalue weighted by Crippen LogP contribution is -2.46. The smallest absolute Gasteiger partial charge is 0.166 e. The van der Waals surface area contributed by atoms with Crippen LogP contribution < -0.4 is 10.6 Å². The second kappa shape index (κ2) is 7.49. The number of thiocarbonyl (C=S) groups is 1. The largest absolute Gasteiger partial charge is 0.362 e. The van der Waals surface area contributed by atoms with Crippen molar-refractivity contribution in [2.24, 2.45) is 5.92 Å². The highest BCUT2D eigenvalue weighted by Gasteiger charge is 2.21. The van der Waals surface area contributed by atoms with E-state index < -0.39 is 0 Å². The zero-order chi connectivity index (χ0) is 13.5. The summed E-state index contributed by atoms with van der Waals surface area (Å²) in [5.74, 6) is 0.739. The molecule has 0 heterocycles. The van der Waals surface area contributed by atoms with Crippen LogP contribution in [0.5, 0.6) is 0 Å². The maximum absolute atomic E-state index is 5.38. The minimum absolute atomic E-state index is 0.561. The first-order chi connectivity index (χ1) is 9.25. The molecule has 0 amide bonds. The van der Waals surface area contributed by atoms with Gasteiger partial charge in [-0.15, -0.1) is 0 Å². The summed E-state index contributed by atoms with van der Waals surface area (Å²) in [5.41, 5.74) is 1.35. The lowest BCUT2D eigenvalue weighted by molar-refractivity contribution is 0.308. The van der Waals surface area contributed by atoms with E-state index in [-0.39, 0.29) is 0 Å². The van der Waals surface area contributed by atoms with E-state index in [1.165, 1.54) is 31.2 Å². The molecule has 19 heavy (non-hydrogen) atoms. The Morgan fingerprint density at radius 3 is 2.68 bits per heavy atom. The Morgan fingerprint density at radius 1 is 1.21 bits per heavy atom. The lowest BCUT2D eigenvalue weighted by Gasteiger charge is -2.30. The molecule has 0 aromatic heterocycles. The van der Waals surface area contributed by atoms with E-state index in [0.717, 1.165) is 24.0 Å². The van der Waals surface area contributed by atoms with Gasteiger partial charge >= 0.3 is 0 Å². The Balaban J connectivity index is 1.67. The summed E-state index contributed by atoms with van der Waals surface area (Å²) in [5, 5.41) is 7.61. The molecule has 104 valence electrons. The number of hydrogen-bond acceptors (Lipinski definition) is 1. The summed E-state index contributed by atoms with van der Waals surface area (Å²) in [6, 6.07) is 11.1. The van der Waals surface area contributed by atoms with Crippen LogP contribution in [0.1, 0.15) is 38.2 Å². The van der Waals surface area contributed by atoms with Gasteiger partial charge in [0.15, 0.2) is 5.11 Å². The molecule has 1 saturated carbocycles. The zero-order valence-corrected chi connectivity index (χ0v) is 12.5. The predicted molar refractivity (Wildman–Crippen MR) is 85.3 cm³/mol. The van der Waals surface area contributed by atoms with Crippen LogP contribution in [0.2, 0.25) is 0 Å². The average molecular weight is 276 g/mol.